The van der Waals surface area contributed by atoms with Crippen molar-refractivity contribution in [3.05, 3.63) is 28.7 Å². The molecule has 0 aromatic carbocycles. The number of hydrogen-bond acceptors (Lipinski definition) is 3. The molecular formula is C13H16N3O2RfS-. The molecule has 3 heterocycles. The van der Waals surface area contributed by atoms with Crippen molar-refractivity contribution in [1.82, 2.24) is 9.80 Å². The Bertz CT molecular complexity index is 532. The van der Waals surface area contributed by atoms with Crippen LogP contribution in [0.25, 0.3) is 5.73 Å². The number of rotatable bonds is 1. The zero-order valence-electron chi connectivity index (χ0n) is 11.7. The molecule has 3 rings (SSSR count). The maximum absolute atomic E-state index is 11.9. The second kappa shape index (κ2) is 4.68. The minimum Gasteiger partial charge on any atom is -0.664 e. The van der Waals surface area contributed by atoms with Crippen molar-refractivity contribution < 1.29 is 9.59 Å². The van der Waals surface area contributed by atoms with Crippen LogP contribution in [0.4, 0.5) is 0 Å². The van der Waals surface area contributed by atoms with Gasteiger partial charge in [-0.1, -0.05) is 0 Å². The maximum atomic E-state index is 11.9. The van der Waals surface area contributed by atoms with E-state index in [0.717, 1.165) is 35.6 Å². The molecule has 2 unspecified atom stereocenters. The molecule has 0 aromatic heterocycles. The van der Waals surface area contributed by atoms with Crippen LogP contribution in [-0.4, -0.2) is 52.4 Å². The molecule has 3 aliphatic heterocycles. The summed E-state index contributed by atoms with van der Waals surface area (Å²) in [5.74, 6) is 0.733. The van der Waals surface area contributed by atoms with Crippen molar-refractivity contribution in [2.75, 3.05) is 19.3 Å². The van der Waals surface area contributed by atoms with E-state index in [1.807, 2.05) is 13.0 Å². The number of fused-ring (bicyclic) bond motifs is 1. The van der Waals surface area contributed by atoms with Crippen molar-refractivity contribution in [2.24, 2.45) is 0 Å². The molecular weight excluding hydrogens is 529 g/mol. The number of amides is 2. The van der Waals surface area contributed by atoms with Gasteiger partial charge in [0.05, 0.1) is 5.37 Å². The summed E-state index contributed by atoms with van der Waals surface area (Å²) in [6.07, 6.45) is 2.71. The Kier molecular flexibility index (Phi) is 3.31. The molecule has 0 saturated carbocycles. The minimum absolute atomic E-state index is 0. The summed E-state index contributed by atoms with van der Waals surface area (Å²) in [7, 11) is 1.81. The average Bonchev–Trinajstić information content (AvgIpc) is 2.71. The average molecular weight is 545 g/mol. The van der Waals surface area contributed by atoms with Gasteiger partial charge >= 0.3 is 0 Å². The monoisotopic (exact) mass is 545 g/mol. The number of thioether (sulfide) groups is 1. The fourth-order valence-corrected chi connectivity index (χ4v) is 4.02. The molecule has 104 valence electrons. The van der Waals surface area contributed by atoms with Gasteiger partial charge in [0.25, 0.3) is 0 Å². The van der Waals surface area contributed by atoms with Crippen LogP contribution in [0.2, 0.25) is 0 Å². The van der Waals surface area contributed by atoms with Gasteiger partial charge in [-0.15, -0.1) is 11.8 Å². The van der Waals surface area contributed by atoms with Gasteiger partial charge in [-0.25, -0.2) is 0 Å². The number of β-lactam (4-membered cyclic amide) rings is 1. The normalized spacial score (nSPS) is 31.4. The molecule has 2 saturated heterocycles. The van der Waals surface area contributed by atoms with Gasteiger partial charge in [0, 0.05) is 30.6 Å². The first kappa shape index (κ1) is 14.1. The molecule has 2 fully saturated rings. The van der Waals surface area contributed by atoms with Crippen LogP contribution >= 0.6 is 11.8 Å². The van der Waals surface area contributed by atoms with Crippen molar-refractivity contribution in [1.29, 1.82) is 0 Å². The Morgan fingerprint density at radius 3 is 2.70 bits per heavy atom. The number of carbonyl (C=O) groups excluding carboxylic acids is 2. The number of hydrogen-bond donors (Lipinski definition) is 0. The molecule has 3 aliphatic rings. The van der Waals surface area contributed by atoms with Crippen LogP contribution in [0.3, 0.4) is 0 Å². The summed E-state index contributed by atoms with van der Waals surface area (Å²) in [4.78, 5) is 27.0. The summed E-state index contributed by atoms with van der Waals surface area (Å²) in [6.45, 7) is 2.68. The molecule has 1 N–H and O–H groups in total. The SMILES string of the molecule is CC1=C(/C=C2\CCN(C)C2=O)CSC2C([NH-])C(=O)N12.[Rf]. The van der Waals surface area contributed by atoms with Crippen LogP contribution < -0.4 is 0 Å². The Labute approximate surface area is 116 Å². The summed E-state index contributed by atoms with van der Waals surface area (Å²) >= 11 is 1.61. The van der Waals surface area contributed by atoms with E-state index in [1.54, 1.807) is 28.6 Å². The van der Waals surface area contributed by atoms with Gasteiger partial charge in [0.1, 0.15) is 0 Å². The molecule has 0 spiro atoms. The number of nitrogens with one attached hydrogen (secondary N) is 1. The zero-order valence-corrected chi connectivity index (χ0v) is 18.9. The number of likely N-dealkylation sites (N-methyl/N-ethyl adjacent to an activating group) is 1. The van der Waals surface area contributed by atoms with Gasteiger partial charge < -0.3 is 15.5 Å². The van der Waals surface area contributed by atoms with E-state index in [0.29, 0.717) is 0 Å². The summed E-state index contributed by atoms with van der Waals surface area (Å²) < 4.78 is 0. The number of allylic oxidation sites excluding steroid dienone is 2. The van der Waals surface area contributed by atoms with Gasteiger partial charge in [-0.3, -0.25) is 9.59 Å². The Hall–Kier alpha value is -2.27. The summed E-state index contributed by atoms with van der Waals surface area (Å²) in [6, 6.07) is -0.617. The first-order valence-corrected chi connectivity index (χ1v) is 7.37. The first-order chi connectivity index (χ1) is 9.00. The predicted octanol–water partition coefficient (Wildman–Crippen LogP) is 1.38. The second-order valence-corrected chi connectivity index (χ2v) is 6.25. The van der Waals surface area contributed by atoms with Gasteiger partial charge in [0.15, 0.2) is 0 Å². The molecule has 0 bridgehead atoms. The van der Waals surface area contributed by atoms with Gasteiger partial charge in [-0.05, 0) is 31.0 Å². The predicted molar refractivity (Wildman–Crippen MR) is 74.2 cm³/mol. The number of likely N-dealkylation sites (tertiary alicyclic amines) is 1. The molecule has 7 heteroatoms. The molecule has 2 amide bonds. The first-order valence-electron chi connectivity index (χ1n) is 6.32. The van der Waals surface area contributed by atoms with Gasteiger partial charge in [-0.2, -0.15) is 0 Å². The topological polar surface area (TPSA) is 64.4 Å². The third-order valence-electron chi connectivity index (χ3n) is 3.97. The van der Waals surface area contributed by atoms with Crippen molar-refractivity contribution >= 4 is 23.6 Å². The maximum Gasteiger partial charge on any atom is 0.249 e. The van der Waals surface area contributed by atoms with Gasteiger partial charge in [0.2, 0.25) is 11.8 Å². The Morgan fingerprint density at radius 2 is 2.10 bits per heavy atom. The standard InChI is InChI=1S/C13H16N3O2S.Rf/c1-7-9(5-8-3-4-15(2)11(8)17)6-19-13-10(14)12(18)16(7)13;/h5,10,13-14H,3-4,6H2,1-2H3;/q-1;/b8-5+;. The van der Waals surface area contributed by atoms with Crippen molar-refractivity contribution in [2.45, 2.75) is 24.8 Å². The smallest absolute Gasteiger partial charge is 0.249 e. The fourth-order valence-electron chi connectivity index (χ4n) is 2.66. The van der Waals surface area contributed by atoms with E-state index in [-0.39, 0.29) is 17.2 Å². The number of nitrogens with zero attached hydrogens (tertiary/aromatic N) is 2. The fraction of sp³-hybridized carbons (Fsp3) is 0.538. The van der Waals surface area contributed by atoms with Crippen LogP contribution in [0.1, 0.15) is 13.3 Å². The largest absolute Gasteiger partial charge is 0.664 e. The van der Waals surface area contributed by atoms with E-state index in [9.17, 15) is 9.59 Å². The van der Waals surface area contributed by atoms with E-state index >= 15 is 0 Å². The van der Waals surface area contributed by atoms with E-state index in [1.165, 1.54) is 0 Å². The molecule has 2 atom stereocenters. The third kappa shape index (κ3) is 1.78. The zero-order chi connectivity index (χ0) is 13.7. The molecule has 5 nitrogen and oxygen atoms in total. The van der Waals surface area contributed by atoms with Crippen molar-refractivity contribution in [3.63, 3.8) is 0 Å². The van der Waals surface area contributed by atoms with E-state index in [4.69, 9.17) is 5.73 Å². The molecule has 20 heavy (non-hydrogen) atoms. The van der Waals surface area contributed by atoms with Crippen LogP contribution in [0.5, 0.6) is 0 Å². The quantitative estimate of drug-likeness (QED) is 0.370. The molecule has 0 aromatic rings. The third-order valence-corrected chi connectivity index (χ3v) is 5.27. The number of carbonyl (C=O) groups is 2. The Balaban J connectivity index is 0.00000147. The van der Waals surface area contributed by atoms with Crippen LogP contribution in [0, 0.1) is 0 Å². The summed E-state index contributed by atoms with van der Waals surface area (Å²) in [5.41, 5.74) is 10.4. The minimum atomic E-state index is -0.617. The van der Waals surface area contributed by atoms with Crippen molar-refractivity contribution in [3.8, 4) is 0 Å². The molecule has 0 aliphatic carbocycles. The van der Waals surface area contributed by atoms with Crippen LogP contribution in [0.15, 0.2) is 22.9 Å². The second-order valence-electron chi connectivity index (χ2n) is 5.14. The Morgan fingerprint density at radius 1 is 1.40 bits per heavy atom. The molecule has 0 radical (unpaired) electrons. The summed E-state index contributed by atoms with van der Waals surface area (Å²) in [5, 5.41) is -0.0309. The van der Waals surface area contributed by atoms with Crippen LogP contribution in [-0.2, 0) is 9.59 Å². The van der Waals surface area contributed by atoms with E-state index in [2.05, 4.69) is 0 Å². The van der Waals surface area contributed by atoms with E-state index < -0.39 is 6.04 Å².